The molecule has 1 amide bonds. The Balaban J connectivity index is 2.10. The summed E-state index contributed by atoms with van der Waals surface area (Å²) >= 11 is 0. The third kappa shape index (κ3) is 6.74. The molecule has 39 heavy (non-hydrogen) atoms. The van der Waals surface area contributed by atoms with Crippen molar-refractivity contribution in [1.82, 2.24) is 9.80 Å². The number of Topliss-reactive ketones (excluding diaryl/α,β-unsaturated/α-hetero) is 1. The summed E-state index contributed by atoms with van der Waals surface area (Å²) in [6, 6.07) is 9.90. The minimum absolute atomic E-state index is 0.0600. The molecule has 2 aromatic carbocycles. The van der Waals surface area contributed by atoms with E-state index in [1.165, 1.54) is 0 Å². The van der Waals surface area contributed by atoms with Gasteiger partial charge in [-0.15, -0.1) is 0 Å². The molecule has 1 unspecified atom stereocenters. The maximum atomic E-state index is 13.4. The van der Waals surface area contributed by atoms with E-state index in [1.807, 2.05) is 19.9 Å². The highest BCUT2D eigenvalue weighted by molar-refractivity contribution is 6.46. The van der Waals surface area contributed by atoms with E-state index in [0.717, 1.165) is 37.2 Å². The quantitative estimate of drug-likeness (QED) is 0.150. The molecule has 1 saturated heterocycles. The first-order valence-electron chi connectivity index (χ1n) is 13.9. The van der Waals surface area contributed by atoms with Gasteiger partial charge in [0.05, 0.1) is 31.9 Å². The van der Waals surface area contributed by atoms with Crippen molar-refractivity contribution < 1.29 is 28.9 Å². The summed E-state index contributed by atoms with van der Waals surface area (Å²) in [6.07, 6.45) is 1.98. The fourth-order valence-electron chi connectivity index (χ4n) is 4.82. The maximum absolute atomic E-state index is 13.4. The number of aryl methyl sites for hydroxylation is 1. The number of carbonyl (C=O) groups excluding carboxylic acids is 2. The van der Waals surface area contributed by atoms with Crippen molar-refractivity contribution in [3.63, 3.8) is 0 Å². The molecule has 0 saturated carbocycles. The number of likely N-dealkylation sites (N-methyl/N-ethyl adjacent to an activating group) is 1. The van der Waals surface area contributed by atoms with Crippen molar-refractivity contribution in [3.8, 4) is 17.2 Å². The Hall–Kier alpha value is -3.52. The zero-order valence-corrected chi connectivity index (χ0v) is 24.1. The van der Waals surface area contributed by atoms with Gasteiger partial charge in [0.25, 0.3) is 11.7 Å². The van der Waals surface area contributed by atoms with Gasteiger partial charge in [-0.2, -0.15) is 0 Å². The molecular weight excluding hydrogens is 496 g/mol. The summed E-state index contributed by atoms with van der Waals surface area (Å²) in [5.74, 6) is 0.252. The van der Waals surface area contributed by atoms with Crippen LogP contribution >= 0.6 is 0 Å². The molecule has 1 heterocycles. The van der Waals surface area contributed by atoms with Gasteiger partial charge < -0.3 is 29.1 Å². The Bertz CT molecular complexity index is 1190. The van der Waals surface area contributed by atoms with E-state index in [1.54, 1.807) is 42.3 Å². The minimum atomic E-state index is -0.772. The first-order valence-corrected chi connectivity index (χ1v) is 13.9. The van der Waals surface area contributed by atoms with Gasteiger partial charge in [-0.25, -0.2) is 0 Å². The van der Waals surface area contributed by atoms with Crippen LogP contribution in [0.4, 0.5) is 0 Å². The summed E-state index contributed by atoms with van der Waals surface area (Å²) in [5, 5.41) is 11.5. The van der Waals surface area contributed by atoms with Crippen molar-refractivity contribution >= 4 is 17.4 Å². The number of methoxy groups -OCH3 is 1. The van der Waals surface area contributed by atoms with Gasteiger partial charge in [-0.1, -0.05) is 33.3 Å². The Kier molecular flexibility index (Phi) is 10.8. The second-order valence-electron chi connectivity index (χ2n) is 9.54. The molecule has 1 atom stereocenters. The molecule has 212 valence electrons. The number of carbonyl (C=O) groups is 2. The average molecular weight is 539 g/mol. The van der Waals surface area contributed by atoms with Gasteiger partial charge >= 0.3 is 0 Å². The van der Waals surface area contributed by atoms with E-state index in [-0.39, 0.29) is 11.3 Å². The molecule has 3 rings (SSSR count). The summed E-state index contributed by atoms with van der Waals surface area (Å²) in [6.45, 7) is 13.7. The van der Waals surface area contributed by atoms with Crippen LogP contribution in [0.1, 0.15) is 63.3 Å². The van der Waals surface area contributed by atoms with E-state index >= 15 is 0 Å². The van der Waals surface area contributed by atoms with Gasteiger partial charge in [0.2, 0.25) is 0 Å². The van der Waals surface area contributed by atoms with Crippen LogP contribution < -0.4 is 14.2 Å². The summed E-state index contributed by atoms with van der Waals surface area (Å²) in [7, 11) is 1.55. The average Bonchev–Trinajstić information content (AvgIpc) is 3.19. The molecule has 0 bridgehead atoms. The normalized spacial score (nSPS) is 16.7. The molecule has 0 aromatic heterocycles. The van der Waals surface area contributed by atoms with Crippen molar-refractivity contribution in [2.45, 2.75) is 53.5 Å². The number of amides is 1. The number of aliphatic hydroxyl groups is 1. The highest BCUT2D eigenvalue weighted by Crippen LogP contribution is 2.42. The molecule has 2 aromatic rings. The van der Waals surface area contributed by atoms with Crippen molar-refractivity contribution in [2.75, 3.05) is 46.5 Å². The van der Waals surface area contributed by atoms with Crippen LogP contribution in [0.5, 0.6) is 17.2 Å². The SMILES string of the molecule is CCCCOc1ccc(/C(O)=C2/C(=O)C(=O)N(CCN(CC)CC)C2c2ccc(OCC)c(OC)c2)cc1C. The molecule has 8 nitrogen and oxygen atoms in total. The molecule has 1 N–H and O–H groups in total. The Labute approximate surface area is 232 Å². The number of aliphatic hydroxyl groups excluding tert-OH is 1. The smallest absolute Gasteiger partial charge is 0.295 e. The van der Waals surface area contributed by atoms with Gasteiger partial charge in [0, 0.05) is 18.7 Å². The minimum Gasteiger partial charge on any atom is -0.507 e. The van der Waals surface area contributed by atoms with Crippen molar-refractivity contribution in [1.29, 1.82) is 0 Å². The zero-order valence-electron chi connectivity index (χ0n) is 24.1. The summed E-state index contributed by atoms with van der Waals surface area (Å²) < 4.78 is 17.1. The molecule has 1 aliphatic heterocycles. The second kappa shape index (κ2) is 14.0. The number of benzene rings is 2. The molecule has 0 aliphatic carbocycles. The van der Waals surface area contributed by atoms with Gasteiger partial charge in [-0.3, -0.25) is 9.59 Å². The molecule has 0 radical (unpaired) electrons. The van der Waals surface area contributed by atoms with Gasteiger partial charge in [-0.05, 0) is 74.8 Å². The number of ketones is 1. The highest BCUT2D eigenvalue weighted by atomic mass is 16.5. The number of hydrogen-bond donors (Lipinski definition) is 1. The fourth-order valence-corrected chi connectivity index (χ4v) is 4.82. The predicted molar refractivity (Wildman–Crippen MR) is 153 cm³/mol. The Morgan fingerprint density at radius 3 is 2.31 bits per heavy atom. The van der Waals surface area contributed by atoms with Crippen molar-refractivity contribution in [2.24, 2.45) is 0 Å². The van der Waals surface area contributed by atoms with Gasteiger partial charge in [0.15, 0.2) is 11.5 Å². The van der Waals surface area contributed by atoms with E-state index in [9.17, 15) is 14.7 Å². The number of rotatable bonds is 14. The van der Waals surface area contributed by atoms with Crippen LogP contribution in [-0.2, 0) is 9.59 Å². The molecule has 0 spiro atoms. The summed E-state index contributed by atoms with van der Waals surface area (Å²) in [5.41, 5.74) is 2.02. The fraction of sp³-hybridized carbons (Fsp3) is 0.484. The topological polar surface area (TPSA) is 88.5 Å². The van der Waals surface area contributed by atoms with E-state index < -0.39 is 17.7 Å². The monoisotopic (exact) mass is 538 g/mol. The summed E-state index contributed by atoms with van der Waals surface area (Å²) in [4.78, 5) is 30.5. The maximum Gasteiger partial charge on any atom is 0.295 e. The third-order valence-corrected chi connectivity index (χ3v) is 7.10. The third-order valence-electron chi connectivity index (χ3n) is 7.10. The first kappa shape index (κ1) is 30.0. The van der Waals surface area contributed by atoms with Crippen LogP contribution in [0.15, 0.2) is 42.0 Å². The van der Waals surface area contributed by atoms with Crippen molar-refractivity contribution in [3.05, 3.63) is 58.7 Å². The van der Waals surface area contributed by atoms with Crippen LogP contribution in [-0.4, -0.2) is 73.1 Å². The Morgan fingerprint density at radius 2 is 1.69 bits per heavy atom. The zero-order chi connectivity index (χ0) is 28.5. The van der Waals surface area contributed by atoms with Crippen LogP contribution in [0.25, 0.3) is 5.76 Å². The number of hydrogen-bond acceptors (Lipinski definition) is 7. The number of nitrogens with zero attached hydrogens (tertiary/aromatic N) is 2. The largest absolute Gasteiger partial charge is 0.507 e. The highest BCUT2D eigenvalue weighted by Gasteiger charge is 2.46. The van der Waals surface area contributed by atoms with Crippen LogP contribution in [0.3, 0.4) is 0 Å². The molecule has 8 heteroatoms. The van der Waals surface area contributed by atoms with E-state index in [0.29, 0.717) is 48.9 Å². The van der Waals surface area contributed by atoms with Crippen LogP contribution in [0.2, 0.25) is 0 Å². The standard InChI is InChI=1S/C31H42N2O6/c1-7-11-18-39-24-14-13-23(19-21(24)5)29(34)27-28(22-12-15-25(38-10-4)26(20-22)37-6)33(31(36)30(27)35)17-16-32(8-2)9-3/h12-15,19-20,28,34H,7-11,16-18H2,1-6H3/b29-27-. The van der Waals surface area contributed by atoms with E-state index in [2.05, 4.69) is 25.7 Å². The molecule has 1 fully saturated rings. The predicted octanol–water partition coefficient (Wildman–Crippen LogP) is 5.34. The lowest BCUT2D eigenvalue weighted by Crippen LogP contribution is -2.38. The van der Waals surface area contributed by atoms with Crippen LogP contribution in [0, 0.1) is 6.92 Å². The first-order chi connectivity index (χ1) is 18.8. The second-order valence-corrected chi connectivity index (χ2v) is 9.54. The number of likely N-dealkylation sites (tertiary alicyclic amines) is 1. The lowest BCUT2D eigenvalue weighted by Gasteiger charge is -2.28. The molecular formula is C31H42N2O6. The number of ether oxygens (including phenoxy) is 3. The van der Waals surface area contributed by atoms with Gasteiger partial charge in [0.1, 0.15) is 11.5 Å². The number of unbranched alkanes of at least 4 members (excludes halogenated alkanes) is 1. The lowest BCUT2D eigenvalue weighted by atomic mass is 9.94. The lowest BCUT2D eigenvalue weighted by molar-refractivity contribution is -0.140. The molecule has 1 aliphatic rings. The van der Waals surface area contributed by atoms with E-state index in [4.69, 9.17) is 14.2 Å². The Morgan fingerprint density at radius 1 is 0.974 bits per heavy atom.